The number of carbonyl (C=O) groups is 2. The predicted octanol–water partition coefficient (Wildman–Crippen LogP) is 2.17. The quantitative estimate of drug-likeness (QED) is 0.828. The molecule has 1 saturated carbocycles. The van der Waals surface area contributed by atoms with Gasteiger partial charge in [-0.05, 0) is 38.2 Å². The molecule has 0 bridgehead atoms. The Morgan fingerprint density at radius 2 is 1.95 bits per heavy atom. The summed E-state index contributed by atoms with van der Waals surface area (Å²) < 4.78 is 0. The maximum atomic E-state index is 12.2. The highest BCUT2D eigenvalue weighted by Crippen LogP contribution is 2.23. The van der Waals surface area contributed by atoms with Crippen LogP contribution in [0.4, 0.5) is 0 Å². The first-order valence-electron chi connectivity index (χ1n) is 7.14. The molecular weight excluding hydrogens is 254 g/mol. The fraction of sp³-hybridized carbons (Fsp3) is 0.500. The lowest BCUT2D eigenvalue weighted by Gasteiger charge is -2.26. The summed E-state index contributed by atoms with van der Waals surface area (Å²) in [5.74, 6) is 0.00638. The Morgan fingerprint density at radius 1 is 1.25 bits per heavy atom. The van der Waals surface area contributed by atoms with Crippen LogP contribution in [-0.4, -0.2) is 29.4 Å². The second kappa shape index (κ2) is 6.66. The van der Waals surface area contributed by atoms with Crippen LogP contribution < -0.4 is 5.32 Å². The van der Waals surface area contributed by atoms with E-state index >= 15 is 0 Å². The first-order valence-corrected chi connectivity index (χ1v) is 7.14. The fourth-order valence-corrected chi connectivity index (χ4v) is 2.77. The molecule has 1 aromatic rings. The number of hydrogen-bond acceptors (Lipinski definition) is 3. The topological polar surface area (TPSA) is 66.4 Å². The standard InChI is InChI=1S/C16H21NO3/c1-11(18)14-7-2-3-8-15(14)16(20)17-10-12-5-4-6-13(19)9-12/h2-3,7-8,12-13,19H,4-6,9-10H2,1H3,(H,17,20). The van der Waals surface area contributed by atoms with Crippen LogP contribution in [0, 0.1) is 5.92 Å². The van der Waals surface area contributed by atoms with Gasteiger partial charge in [0.05, 0.1) is 11.7 Å². The van der Waals surface area contributed by atoms with Gasteiger partial charge in [0.15, 0.2) is 5.78 Å². The van der Waals surface area contributed by atoms with Crippen LogP contribution in [0.5, 0.6) is 0 Å². The van der Waals surface area contributed by atoms with Gasteiger partial charge in [-0.2, -0.15) is 0 Å². The molecular formula is C16H21NO3. The molecule has 2 N–H and O–H groups in total. The average molecular weight is 275 g/mol. The molecule has 4 nitrogen and oxygen atoms in total. The van der Waals surface area contributed by atoms with E-state index in [1.807, 2.05) is 0 Å². The van der Waals surface area contributed by atoms with Gasteiger partial charge >= 0.3 is 0 Å². The number of rotatable bonds is 4. The lowest BCUT2D eigenvalue weighted by atomic mass is 9.87. The number of aliphatic hydroxyl groups is 1. The van der Waals surface area contributed by atoms with Gasteiger partial charge in [0.25, 0.3) is 5.91 Å². The van der Waals surface area contributed by atoms with Crippen molar-refractivity contribution in [1.29, 1.82) is 0 Å². The van der Waals surface area contributed by atoms with Crippen LogP contribution in [-0.2, 0) is 0 Å². The molecule has 0 aromatic heterocycles. The lowest BCUT2D eigenvalue weighted by molar-refractivity contribution is 0.0869. The first-order chi connectivity index (χ1) is 9.58. The van der Waals surface area contributed by atoms with E-state index < -0.39 is 0 Å². The van der Waals surface area contributed by atoms with E-state index in [-0.39, 0.29) is 17.8 Å². The SMILES string of the molecule is CC(=O)c1ccccc1C(=O)NCC1CCCC(O)C1. The Labute approximate surface area is 119 Å². The van der Waals surface area contributed by atoms with Crippen LogP contribution >= 0.6 is 0 Å². The Balaban J connectivity index is 1.97. The van der Waals surface area contributed by atoms with Crippen molar-refractivity contribution in [1.82, 2.24) is 5.32 Å². The monoisotopic (exact) mass is 275 g/mol. The zero-order chi connectivity index (χ0) is 14.5. The Morgan fingerprint density at radius 3 is 2.60 bits per heavy atom. The van der Waals surface area contributed by atoms with Crippen molar-refractivity contribution >= 4 is 11.7 Å². The van der Waals surface area contributed by atoms with E-state index in [2.05, 4.69) is 5.32 Å². The average Bonchev–Trinajstić information content (AvgIpc) is 2.45. The van der Waals surface area contributed by atoms with Crippen LogP contribution in [0.2, 0.25) is 0 Å². The molecule has 0 spiro atoms. The molecule has 0 saturated heterocycles. The Kier molecular flexibility index (Phi) is 4.90. The molecule has 1 aliphatic rings. The third-order valence-electron chi connectivity index (χ3n) is 3.86. The highest BCUT2D eigenvalue weighted by Gasteiger charge is 2.21. The van der Waals surface area contributed by atoms with Crippen molar-refractivity contribution in [3.63, 3.8) is 0 Å². The number of benzene rings is 1. The molecule has 0 aliphatic heterocycles. The first kappa shape index (κ1) is 14.7. The van der Waals surface area contributed by atoms with Crippen LogP contribution in [0.1, 0.15) is 53.3 Å². The maximum absolute atomic E-state index is 12.2. The minimum Gasteiger partial charge on any atom is -0.393 e. The summed E-state index contributed by atoms with van der Waals surface area (Å²) in [7, 11) is 0. The smallest absolute Gasteiger partial charge is 0.252 e. The largest absolute Gasteiger partial charge is 0.393 e. The minimum absolute atomic E-state index is 0.108. The molecule has 0 radical (unpaired) electrons. The fourth-order valence-electron chi connectivity index (χ4n) is 2.77. The van der Waals surface area contributed by atoms with Crippen molar-refractivity contribution in [2.24, 2.45) is 5.92 Å². The van der Waals surface area contributed by atoms with E-state index in [4.69, 9.17) is 0 Å². The third kappa shape index (κ3) is 3.67. The number of amides is 1. The van der Waals surface area contributed by atoms with Crippen molar-refractivity contribution in [3.8, 4) is 0 Å². The van der Waals surface area contributed by atoms with Gasteiger partial charge in [0.2, 0.25) is 0 Å². The maximum Gasteiger partial charge on any atom is 0.252 e. The molecule has 1 fully saturated rings. The number of carbonyl (C=O) groups excluding carboxylic acids is 2. The second-order valence-electron chi connectivity index (χ2n) is 5.50. The summed E-state index contributed by atoms with van der Waals surface area (Å²) in [6, 6.07) is 6.85. The van der Waals surface area contributed by atoms with Gasteiger partial charge in [0, 0.05) is 12.1 Å². The van der Waals surface area contributed by atoms with E-state index in [1.54, 1.807) is 24.3 Å². The predicted molar refractivity (Wildman–Crippen MR) is 76.7 cm³/mol. The minimum atomic E-state index is -0.241. The van der Waals surface area contributed by atoms with E-state index in [0.717, 1.165) is 25.7 Å². The third-order valence-corrected chi connectivity index (χ3v) is 3.86. The van der Waals surface area contributed by atoms with Gasteiger partial charge < -0.3 is 10.4 Å². The number of aliphatic hydroxyl groups excluding tert-OH is 1. The number of hydrogen-bond donors (Lipinski definition) is 2. The molecule has 2 atom stereocenters. The van der Waals surface area contributed by atoms with E-state index in [1.165, 1.54) is 6.92 Å². The summed E-state index contributed by atoms with van der Waals surface area (Å²) >= 11 is 0. The zero-order valence-electron chi connectivity index (χ0n) is 11.8. The lowest BCUT2D eigenvalue weighted by Crippen LogP contribution is -2.33. The molecule has 0 heterocycles. The van der Waals surface area contributed by atoms with Crippen molar-refractivity contribution in [3.05, 3.63) is 35.4 Å². The molecule has 1 amide bonds. The van der Waals surface area contributed by atoms with Crippen molar-refractivity contribution in [2.75, 3.05) is 6.54 Å². The Bertz CT molecular complexity index is 498. The summed E-state index contributed by atoms with van der Waals surface area (Å²) in [4.78, 5) is 23.7. The van der Waals surface area contributed by atoms with Gasteiger partial charge in [0.1, 0.15) is 0 Å². The summed E-state index contributed by atoms with van der Waals surface area (Å²) in [5, 5.41) is 12.5. The molecule has 2 unspecified atom stereocenters. The van der Waals surface area contributed by atoms with Crippen LogP contribution in [0.15, 0.2) is 24.3 Å². The molecule has 1 aromatic carbocycles. The molecule has 2 rings (SSSR count). The second-order valence-corrected chi connectivity index (χ2v) is 5.50. The number of nitrogens with one attached hydrogen (secondary N) is 1. The van der Waals surface area contributed by atoms with E-state index in [0.29, 0.717) is 23.6 Å². The molecule has 1 aliphatic carbocycles. The highest BCUT2D eigenvalue weighted by atomic mass is 16.3. The number of ketones is 1. The van der Waals surface area contributed by atoms with E-state index in [9.17, 15) is 14.7 Å². The summed E-state index contributed by atoms with van der Waals surface area (Å²) in [6.45, 7) is 2.02. The Hall–Kier alpha value is -1.68. The van der Waals surface area contributed by atoms with Crippen LogP contribution in [0.25, 0.3) is 0 Å². The van der Waals surface area contributed by atoms with Gasteiger partial charge in [-0.15, -0.1) is 0 Å². The summed E-state index contributed by atoms with van der Waals surface area (Å²) in [6.07, 6.45) is 3.40. The van der Waals surface area contributed by atoms with Crippen molar-refractivity contribution in [2.45, 2.75) is 38.7 Å². The van der Waals surface area contributed by atoms with Gasteiger partial charge in [-0.25, -0.2) is 0 Å². The van der Waals surface area contributed by atoms with Crippen molar-refractivity contribution < 1.29 is 14.7 Å². The van der Waals surface area contributed by atoms with Crippen LogP contribution in [0.3, 0.4) is 0 Å². The van der Waals surface area contributed by atoms with Gasteiger partial charge in [-0.1, -0.05) is 24.6 Å². The zero-order valence-corrected chi connectivity index (χ0v) is 11.8. The molecule has 108 valence electrons. The molecule has 20 heavy (non-hydrogen) atoms. The highest BCUT2D eigenvalue weighted by molar-refractivity contribution is 6.07. The normalized spacial score (nSPS) is 22.3. The van der Waals surface area contributed by atoms with Gasteiger partial charge in [-0.3, -0.25) is 9.59 Å². The molecule has 4 heteroatoms. The number of Topliss-reactive ketones (excluding diaryl/α,β-unsaturated/α-hetero) is 1. The summed E-state index contributed by atoms with van der Waals surface area (Å²) in [5.41, 5.74) is 0.880.